The molecule has 0 bridgehead atoms. The van der Waals surface area contributed by atoms with Crippen LogP contribution in [0.25, 0.3) is 0 Å². The Balaban J connectivity index is 2.37. The number of hydrogen-bond acceptors (Lipinski definition) is 4. The first-order chi connectivity index (χ1) is 10.4. The van der Waals surface area contributed by atoms with Crippen LogP contribution in [-0.2, 0) is 14.8 Å². The molecule has 2 N–H and O–H groups in total. The summed E-state index contributed by atoms with van der Waals surface area (Å²) in [4.78, 5) is 11.7. The number of methoxy groups -OCH3 is 1. The lowest BCUT2D eigenvalue weighted by molar-refractivity contribution is 0.187. The molecule has 0 fully saturated rings. The summed E-state index contributed by atoms with van der Waals surface area (Å²) in [6.07, 6.45) is 1.77. The van der Waals surface area contributed by atoms with Crippen molar-refractivity contribution in [2.75, 3.05) is 44.9 Å². The molecule has 0 aliphatic carbocycles. The number of carbonyl (C=O) groups is 1. The maximum atomic E-state index is 11.7. The first-order valence-electron chi connectivity index (χ1n) is 6.97. The van der Waals surface area contributed by atoms with Crippen molar-refractivity contribution < 1.29 is 17.9 Å². The third kappa shape index (κ3) is 7.39. The van der Waals surface area contributed by atoms with E-state index in [2.05, 4.69) is 10.6 Å². The molecule has 0 heterocycles. The molecule has 0 radical (unpaired) electrons. The van der Waals surface area contributed by atoms with Crippen LogP contribution in [0.15, 0.2) is 30.3 Å². The van der Waals surface area contributed by atoms with E-state index in [0.717, 1.165) is 6.26 Å². The Morgan fingerprint density at radius 2 is 1.91 bits per heavy atom. The maximum absolute atomic E-state index is 11.7. The topological polar surface area (TPSA) is 87.7 Å². The van der Waals surface area contributed by atoms with Crippen LogP contribution in [0.4, 0.5) is 10.5 Å². The summed E-state index contributed by atoms with van der Waals surface area (Å²) in [6.45, 7) is 1.33. The van der Waals surface area contributed by atoms with E-state index in [9.17, 15) is 13.2 Å². The lowest BCUT2D eigenvalue weighted by Crippen LogP contribution is -2.40. The zero-order chi connectivity index (χ0) is 16.4. The Morgan fingerprint density at radius 1 is 1.23 bits per heavy atom. The van der Waals surface area contributed by atoms with Crippen LogP contribution >= 0.6 is 0 Å². The normalized spacial score (nSPS) is 11.4. The lowest BCUT2D eigenvalue weighted by atomic mass is 10.3. The maximum Gasteiger partial charge on any atom is 0.319 e. The Bertz CT molecular complexity index is 548. The Hall–Kier alpha value is -1.64. The number of nitrogens with one attached hydrogen (secondary N) is 2. The summed E-state index contributed by atoms with van der Waals surface area (Å²) in [5, 5.41) is 5.31. The number of hydrogen-bond donors (Lipinski definition) is 2. The van der Waals surface area contributed by atoms with E-state index >= 15 is 0 Å². The van der Waals surface area contributed by atoms with Crippen LogP contribution < -0.4 is 10.6 Å². The Morgan fingerprint density at radius 3 is 2.50 bits per heavy atom. The van der Waals surface area contributed by atoms with Gasteiger partial charge in [0.15, 0.2) is 0 Å². The predicted molar refractivity (Wildman–Crippen MR) is 86.4 cm³/mol. The third-order valence-electron chi connectivity index (χ3n) is 2.90. The van der Waals surface area contributed by atoms with Gasteiger partial charge in [-0.3, -0.25) is 0 Å². The lowest BCUT2D eigenvalue weighted by Gasteiger charge is -2.20. The summed E-state index contributed by atoms with van der Waals surface area (Å²) in [5.74, 6) is 0. The first kappa shape index (κ1) is 18.4. The quantitative estimate of drug-likeness (QED) is 0.664. The van der Waals surface area contributed by atoms with Crippen molar-refractivity contribution >= 4 is 21.7 Å². The van der Waals surface area contributed by atoms with Crippen molar-refractivity contribution in [1.82, 2.24) is 9.62 Å². The molecule has 8 heteroatoms. The fourth-order valence-corrected chi connectivity index (χ4v) is 2.70. The average molecular weight is 329 g/mol. The second-order valence-corrected chi connectivity index (χ2v) is 6.74. The molecule has 0 aromatic heterocycles. The number of benzene rings is 1. The van der Waals surface area contributed by atoms with Crippen LogP contribution in [0.2, 0.25) is 0 Å². The van der Waals surface area contributed by atoms with E-state index in [0.29, 0.717) is 25.3 Å². The van der Waals surface area contributed by atoms with Gasteiger partial charge in [0.05, 0.1) is 6.26 Å². The molecule has 0 unspecified atom stereocenters. The van der Waals surface area contributed by atoms with Gasteiger partial charge >= 0.3 is 6.03 Å². The van der Waals surface area contributed by atoms with Gasteiger partial charge in [-0.05, 0) is 18.6 Å². The first-order valence-corrected chi connectivity index (χ1v) is 8.82. The zero-order valence-electron chi connectivity index (χ0n) is 12.9. The molecular weight excluding hydrogens is 306 g/mol. The number of anilines is 1. The molecule has 0 atom stereocenters. The molecule has 0 aliphatic heterocycles. The molecule has 0 saturated heterocycles. The SMILES string of the molecule is COCCCN(CCNC(=O)Nc1ccccc1)S(C)(=O)=O. The molecule has 0 spiro atoms. The molecule has 22 heavy (non-hydrogen) atoms. The molecular formula is C14H23N3O4S. The molecule has 2 amide bonds. The van der Waals surface area contributed by atoms with E-state index in [1.165, 1.54) is 4.31 Å². The zero-order valence-corrected chi connectivity index (χ0v) is 13.7. The average Bonchev–Trinajstić information content (AvgIpc) is 2.45. The summed E-state index contributed by atoms with van der Waals surface area (Å²) >= 11 is 0. The predicted octanol–water partition coefficient (Wildman–Crippen LogP) is 1.11. The van der Waals surface area contributed by atoms with Crippen LogP contribution in [-0.4, -0.2) is 58.4 Å². The Labute approximate surface area is 131 Å². The van der Waals surface area contributed by atoms with Crippen LogP contribution in [0.5, 0.6) is 0 Å². The third-order valence-corrected chi connectivity index (χ3v) is 4.21. The highest BCUT2D eigenvalue weighted by Crippen LogP contribution is 2.04. The molecule has 1 aromatic carbocycles. The van der Waals surface area contributed by atoms with Crippen LogP contribution in [0, 0.1) is 0 Å². The van der Waals surface area contributed by atoms with Gasteiger partial charge < -0.3 is 15.4 Å². The van der Waals surface area contributed by atoms with Crippen molar-refractivity contribution in [2.24, 2.45) is 0 Å². The van der Waals surface area contributed by atoms with Gasteiger partial charge in [0.1, 0.15) is 0 Å². The van der Waals surface area contributed by atoms with Gasteiger partial charge in [-0.1, -0.05) is 18.2 Å². The van der Waals surface area contributed by atoms with E-state index in [-0.39, 0.29) is 19.1 Å². The number of para-hydroxylation sites is 1. The van der Waals surface area contributed by atoms with Crippen LogP contribution in [0.3, 0.4) is 0 Å². The Kier molecular flexibility index (Phi) is 7.86. The van der Waals surface area contributed by atoms with Crippen LogP contribution in [0.1, 0.15) is 6.42 Å². The highest BCUT2D eigenvalue weighted by Gasteiger charge is 2.15. The summed E-state index contributed by atoms with van der Waals surface area (Å²) in [6, 6.07) is 8.66. The molecule has 1 rings (SSSR count). The number of rotatable bonds is 9. The van der Waals surface area contributed by atoms with E-state index in [4.69, 9.17) is 4.74 Å². The van der Waals surface area contributed by atoms with Gasteiger partial charge in [0.2, 0.25) is 10.0 Å². The van der Waals surface area contributed by atoms with Gasteiger partial charge in [-0.2, -0.15) is 0 Å². The number of ether oxygens (including phenoxy) is 1. The second kappa shape index (κ2) is 9.39. The minimum atomic E-state index is -3.30. The largest absolute Gasteiger partial charge is 0.385 e. The van der Waals surface area contributed by atoms with Gasteiger partial charge in [0.25, 0.3) is 0 Å². The van der Waals surface area contributed by atoms with Crippen molar-refractivity contribution in [1.29, 1.82) is 0 Å². The fraction of sp³-hybridized carbons (Fsp3) is 0.500. The standard InChI is InChI=1S/C14H23N3O4S/c1-21-12-6-10-17(22(2,19)20)11-9-15-14(18)16-13-7-4-3-5-8-13/h3-5,7-8H,6,9-12H2,1-2H3,(H2,15,16,18). The number of amides is 2. The van der Waals surface area contributed by atoms with Crippen molar-refractivity contribution in [3.63, 3.8) is 0 Å². The van der Waals surface area contributed by atoms with Crippen molar-refractivity contribution in [3.8, 4) is 0 Å². The second-order valence-electron chi connectivity index (χ2n) is 4.76. The minimum Gasteiger partial charge on any atom is -0.385 e. The monoisotopic (exact) mass is 329 g/mol. The fourth-order valence-electron chi connectivity index (χ4n) is 1.82. The highest BCUT2D eigenvalue weighted by molar-refractivity contribution is 7.88. The number of nitrogens with zero attached hydrogens (tertiary/aromatic N) is 1. The minimum absolute atomic E-state index is 0.227. The summed E-state index contributed by atoms with van der Waals surface area (Å²) in [7, 11) is -1.73. The summed E-state index contributed by atoms with van der Waals surface area (Å²) < 4.78 is 29.5. The molecule has 0 aliphatic rings. The van der Waals surface area contributed by atoms with E-state index in [1.54, 1.807) is 19.2 Å². The van der Waals surface area contributed by atoms with Gasteiger partial charge in [-0.25, -0.2) is 17.5 Å². The smallest absolute Gasteiger partial charge is 0.319 e. The van der Waals surface area contributed by atoms with Crippen molar-refractivity contribution in [3.05, 3.63) is 30.3 Å². The molecule has 7 nitrogen and oxygen atoms in total. The molecule has 124 valence electrons. The highest BCUT2D eigenvalue weighted by atomic mass is 32.2. The molecule has 1 aromatic rings. The van der Waals surface area contributed by atoms with Gasteiger partial charge in [0, 0.05) is 39.0 Å². The summed E-state index contributed by atoms with van der Waals surface area (Å²) in [5.41, 5.74) is 0.681. The van der Waals surface area contributed by atoms with Crippen molar-refractivity contribution in [2.45, 2.75) is 6.42 Å². The number of carbonyl (C=O) groups excluding carboxylic acids is 1. The van der Waals surface area contributed by atoms with Gasteiger partial charge in [-0.15, -0.1) is 0 Å². The number of urea groups is 1. The molecule has 0 saturated carbocycles. The number of sulfonamides is 1. The van der Waals surface area contributed by atoms with E-state index in [1.807, 2.05) is 18.2 Å². The van der Waals surface area contributed by atoms with E-state index < -0.39 is 10.0 Å².